The van der Waals surface area contributed by atoms with E-state index in [1.807, 2.05) is 19.2 Å². The van der Waals surface area contributed by atoms with E-state index >= 15 is 0 Å². The molecule has 1 heterocycles. The van der Waals surface area contributed by atoms with Gasteiger partial charge in [0, 0.05) is 17.1 Å². The van der Waals surface area contributed by atoms with Crippen molar-refractivity contribution in [1.29, 1.82) is 0 Å². The molecule has 0 fully saturated rings. The first-order chi connectivity index (χ1) is 8.02. The first-order valence-electron chi connectivity index (χ1n) is 5.97. The van der Waals surface area contributed by atoms with Crippen molar-refractivity contribution in [3.8, 4) is 0 Å². The summed E-state index contributed by atoms with van der Waals surface area (Å²) in [4.78, 5) is 16.0. The molecule has 0 spiro atoms. The van der Waals surface area contributed by atoms with Crippen LogP contribution in [0.15, 0.2) is 5.38 Å². The number of thiazole rings is 1. The maximum atomic E-state index is 11.7. The molecule has 0 saturated heterocycles. The summed E-state index contributed by atoms with van der Waals surface area (Å²) in [6.07, 6.45) is 1.02. The van der Waals surface area contributed by atoms with Crippen LogP contribution in [0.2, 0.25) is 0 Å². The quantitative estimate of drug-likeness (QED) is 0.817. The smallest absolute Gasteiger partial charge is 0.234 e. The summed E-state index contributed by atoms with van der Waals surface area (Å²) in [6, 6.07) is 0.359. The Morgan fingerprint density at radius 2 is 2.24 bits per heavy atom. The molecular formula is C12H21N3OS. The van der Waals surface area contributed by atoms with Crippen molar-refractivity contribution >= 4 is 17.2 Å². The second-order valence-electron chi connectivity index (χ2n) is 4.31. The number of aromatic nitrogens is 1. The lowest BCUT2D eigenvalue weighted by Gasteiger charge is -2.14. The number of rotatable bonds is 6. The van der Waals surface area contributed by atoms with Gasteiger partial charge < -0.3 is 10.6 Å². The molecule has 0 aliphatic heterocycles. The highest BCUT2D eigenvalue weighted by molar-refractivity contribution is 7.09. The SMILES string of the molecule is CCC(C)NCC(=O)NC(C)c1nc(C)cs1. The molecule has 1 rings (SSSR count). The summed E-state index contributed by atoms with van der Waals surface area (Å²) < 4.78 is 0. The van der Waals surface area contributed by atoms with Crippen molar-refractivity contribution in [2.45, 2.75) is 46.2 Å². The van der Waals surface area contributed by atoms with Gasteiger partial charge in [0.2, 0.25) is 5.91 Å². The molecule has 2 unspecified atom stereocenters. The van der Waals surface area contributed by atoms with E-state index in [4.69, 9.17) is 0 Å². The third-order valence-electron chi connectivity index (χ3n) is 2.61. The number of aryl methyl sites for hydroxylation is 1. The lowest BCUT2D eigenvalue weighted by atomic mass is 10.2. The van der Waals surface area contributed by atoms with Crippen molar-refractivity contribution in [2.24, 2.45) is 0 Å². The van der Waals surface area contributed by atoms with E-state index in [0.717, 1.165) is 17.1 Å². The van der Waals surface area contributed by atoms with Crippen LogP contribution in [0.5, 0.6) is 0 Å². The molecule has 0 saturated carbocycles. The van der Waals surface area contributed by atoms with Crippen LogP contribution in [0, 0.1) is 6.92 Å². The van der Waals surface area contributed by atoms with E-state index in [-0.39, 0.29) is 11.9 Å². The molecule has 1 aromatic heterocycles. The average Bonchev–Trinajstić information content (AvgIpc) is 2.72. The number of hydrogen-bond donors (Lipinski definition) is 2. The van der Waals surface area contributed by atoms with Gasteiger partial charge in [0.05, 0.1) is 12.6 Å². The van der Waals surface area contributed by atoms with Crippen molar-refractivity contribution in [1.82, 2.24) is 15.6 Å². The summed E-state index contributed by atoms with van der Waals surface area (Å²) in [5.41, 5.74) is 1.00. The normalized spacial score (nSPS) is 14.4. The second-order valence-corrected chi connectivity index (χ2v) is 5.20. The number of amides is 1. The molecular weight excluding hydrogens is 234 g/mol. The zero-order valence-electron chi connectivity index (χ0n) is 10.9. The number of hydrogen-bond acceptors (Lipinski definition) is 4. The first kappa shape index (κ1) is 14.1. The molecule has 96 valence electrons. The lowest BCUT2D eigenvalue weighted by Crippen LogP contribution is -2.38. The van der Waals surface area contributed by atoms with Gasteiger partial charge in [-0.25, -0.2) is 4.98 Å². The minimum atomic E-state index is -0.0140. The molecule has 2 N–H and O–H groups in total. The Kier molecular flexibility index (Phi) is 5.58. The summed E-state index contributed by atoms with van der Waals surface area (Å²) >= 11 is 1.58. The van der Waals surface area contributed by atoms with Crippen LogP contribution < -0.4 is 10.6 Å². The molecule has 4 nitrogen and oxygen atoms in total. The predicted octanol–water partition coefficient (Wildman–Crippen LogP) is 2.02. The standard InChI is InChI=1S/C12H21N3OS/c1-5-8(2)13-6-11(16)15-10(4)12-14-9(3)7-17-12/h7-8,10,13H,5-6H2,1-4H3,(H,15,16). The van der Waals surface area contributed by atoms with E-state index in [2.05, 4.69) is 29.5 Å². The third-order valence-corrected chi connectivity index (χ3v) is 3.75. The fourth-order valence-corrected chi connectivity index (χ4v) is 2.14. The highest BCUT2D eigenvalue weighted by Gasteiger charge is 2.12. The Balaban J connectivity index is 2.36. The topological polar surface area (TPSA) is 54.0 Å². The average molecular weight is 255 g/mol. The van der Waals surface area contributed by atoms with E-state index in [0.29, 0.717) is 12.6 Å². The maximum absolute atomic E-state index is 11.7. The van der Waals surface area contributed by atoms with Gasteiger partial charge in [0.15, 0.2) is 0 Å². The van der Waals surface area contributed by atoms with Crippen LogP contribution in [0.3, 0.4) is 0 Å². The molecule has 1 aromatic rings. The Bertz CT molecular complexity index is 364. The van der Waals surface area contributed by atoms with Gasteiger partial charge >= 0.3 is 0 Å². The minimum Gasteiger partial charge on any atom is -0.346 e. The van der Waals surface area contributed by atoms with Gasteiger partial charge in [0.25, 0.3) is 0 Å². The molecule has 0 aliphatic rings. The summed E-state index contributed by atoms with van der Waals surface area (Å²) in [7, 11) is 0. The number of nitrogens with one attached hydrogen (secondary N) is 2. The summed E-state index contributed by atoms with van der Waals surface area (Å²) in [6.45, 7) is 8.44. The largest absolute Gasteiger partial charge is 0.346 e. The monoisotopic (exact) mass is 255 g/mol. The fourth-order valence-electron chi connectivity index (χ4n) is 1.34. The first-order valence-corrected chi connectivity index (χ1v) is 6.85. The van der Waals surface area contributed by atoms with Crippen LogP contribution >= 0.6 is 11.3 Å². The molecule has 2 atom stereocenters. The van der Waals surface area contributed by atoms with Gasteiger partial charge in [-0.3, -0.25) is 4.79 Å². The van der Waals surface area contributed by atoms with Gasteiger partial charge in [-0.2, -0.15) is 0 Å². The van der Waals surface area contributed by atoms with Crippen molar-refractivity contribution in [3.05, 3.63) is 16.1 Å². The molecule has 17 heavy (non-hydrogen) atoms. The Hall–Kier alpha value is -0.940. The van der Waals surface area contributed by atoms with Gasteiger partial charge in [-0.15, -0.1) is 11.3 Å². The molecule has 1 amide bonds. The van der Waals surface area contributed by atoms with Crippen LogP contribution in [0.1, 0.15) is 43.9 Å². The van der Waals surface area contributed by atoms with Gasteiger partial charge in [-0.05, 0) is 27.2 Å². The van der Waals surface area contributed by atoms with E-state index < -0.39 is 0 Å². The second kappa shape index (κ2) is 6.71. The van der Waals surface area contributed by atoms with E-state index in [1.54, 1.807) is 11.3 Å². The highest BCUT2D eigenvalue weighted by Crippen LogP contribution is 2.16. The third kappa shape index (κ3) is 4.83. The molecule has 0 aromatic carbocycles. The number of carbonyl (C=O) groups is 1. The molecule has 0 bridgehead atoms. The van der Waals surface area contributed by atoms with Gasteiger partial charge in [-0.1, -0.05) is 6.92 Å². The molecule has 5 heteroatoms. The van der Waals surface area contributed by atoms with E-state index in [1.165, 1.54) is 0 Å². The summed E-state index contributed by atoms with van der Waals surface area (Å²) in [5, 5.41) is 9.05. The van der Waals surface area contributed by atoms with Crippen molar-refractivity contribution < 1.29 is 4.79 Å². The van der Waals surface area contributed by atoms with E-state index in [9.17, 15) is 4.79 Å². The molecule has 0 radical (unpaired) electrons. The number of carbonyl (C=O) groups excluding carboxylic acids is 1. The van der Waals surface area contributed by atoms with Crippen LogP contribution in [0.25, 0.3) is 0 Å². The van der Waals surface area contributed by atoms with Crippen molar-refractivity contribution in [2.75, 3.05) is 6.54 Å². The Labute approximate surface area is 107 Å². The fraction of sp³-hybridized carbons (Fsp3) is 0.667. The lowest BCUT2D eigenvalue weighted by molar-refractivity contribution is -0.121. The Morgan fingerprint density at radius 1 is 1.53 bits per heavy atom. The predicted molar refractivity (Wildman–Crippen MR) is 71.2 cm³/mol. The van der Waals surface area contributed by atoms with Crippen LogP contribution in [0.4, 0.5) is 0 Å². The zero-order valence-corrected chi connectivity index (χ0v) is 11.7. The van der Waals surface area contributed by atoms with Crippen LogP contribution in [-0.2, 0) is 4.79 Å². The van der Waals surface area contributed by atoms with Crippen molar-refractivity contribution in [3.63, 3.8) is 0 Å². The number of nitrogens with zero attached hydrogens (tertiary/aromatic N) is 1. The Morgan fingerprint density at radius 3 is 2.76 bits per heavy atom. The molecule has 0 aliphatic carbocycles. The van der Waals surface area contributed by atoms with Gasteiger partial charge in [0.1, 0.15) is 5.01 Å². The van der Waals surface area contributed by atoms with Crippen LogP contribution in [-0.4, -0.2) is 23.5 Å². The minimum absolute atomic E-state index is 0.0140. The maximum Gasteiger partial charge on any atom is 0.234 e. The summed E-state index contributed by atoms with van der Waals surface area (Å²) in [5.74, 6) is 0.0191. The highest BCUT2D eigenvalue weighted by atomic mass is 32.1. The zero-order chi connectivity index (χ0) is 12.8.